The van der Waals surface area contributed by atoms with Gasteiger partial charge in [0.05, 0.1) is 11.7 Å². The number of nitrogens with zero attached hydrogens (tertiary/aromatic N) is 2. The Morgan fingerprint density at radius 2 is 2.42 bits per heavy atom. The van der Waals surface area contributed by atoms with Crippen molar-refractivity contribution in [1.82, 2.24) is 9.88 Å². The van der Waals surface area contributed by atoms with Gasteiger partial charge in [0, 0.05) is 30.9 Å². The summed E-state index contributed by atoms with van der Waals surface area (Å²) < 4.78 is 6.38. The van der Waals surface area contributed by atoms with Crippen LogP contribution in [0.15, 0.2) is 16.7 Å². The Balaban J connectivity index is 2.03. The molecule has 1 aliphatic rings. The Morgan fingerprint density at radius 1 is 1.63 bits per heavy atom. The van der Waals surface area contributed by atoms with Crippen molar-refractivity contribution in [2.24, 2.45) is 0 Å². The van der Waals surface area contributed by atoms with Crippen LogP contribution in [0.25, 0.3) is 0 Å². The van der Waals surface area contributed by atoms with E-state index in [1.54, 1.807) is 24.2 Å². The molecule has 1 amide bonds. The standard InChI is InChI=1S/C13H16BrClN2O2/c1-17(8-10-4-2-3-5-19-10)13(18)11-6-9(14)7-16-12(11)15/h6-7,10H,2-5,8H2,1H3. The summed E-state index contributed by atoms with van der Waals surface area (Å²) in [5, 5.41) is 0.226. The van der Waals surface area contributed by atoms with E-state index in [0.29, 0.717) is 12.1 Å². The Kier molecular flexibility index (Phi) is 5.19. The van der Waals surface area contributed by atoms with E-state index in [4.69, 9.17) is 16.3 Å². The van der Waals surface area contributed by atoms with Crippen LogP contribution in [0.5, 0.6) is 0 Å². The van der Waals surface area contributed by atoms with Gasteiger partial charge in [0.2, 0.25) is 0 Å². The number of likely N-dealkylation sites (N-methyl/N-ethyl adjacent to an activating group) is 1. The van der Waals surface area contributed by atoms with Gasteiger partial charge in [0.1, 0.15) is 5.15 Å². The van der Waals surface area contributed by atoms with Crippen molar-refractivity contribution < 1.29 is 9.53 Å². The predicted molar refractivity (Wildman–Crippen MR) is 77.5 cm³/mol. The average molecular weight is 348 g/mol. The molecule has 0 spiro atoms. The van der Waals surface area contributed by atoms with Crippen LogP contribution in [0.3, 0.4) is 0 Å². The number of amides is 1. The summed E-state index contributed by atoms with van der Waals surface area (Å²) >= 11 is 9.26. The maximum absolute atomic E-state index is 12.3. The molecule has 0 bridgehead atoms. The van der Waals surface area contributed by atoms with Crippen molar-refractivity contribution in [3.8, 4) is 0 Å². The molecule has 2 heterocycles. The van der Waals surface area contributed by atoms with Gasteiger partial charge >= 0.3 is 0 Å². The first-order valence-corrected chi connectivity index (χ1v) is 7.43. The largest absolute Gasteiger partial charge is 0.376 e. The van der Waals surface area contributed by atoms with Crippen LogP contribution in [0, 0.1) is 0 Å². The highest BCUT2D eigenvalue weighted by molar-refractivity contribution is 9.10. The third kappa shape index (κ3) is 3.91. The van der Waals surface area contributed by atoms with Crippen LogP contribution in [0.2, 0.25) is 5.15 Å². The van der Waals surface area contributed by atoms with Crippen LogP contribution < -0.4 is 0 Å². The summed E-state index contributed by atoms with van der Waals surface area (Å²) in [4.78, 5) is 17.9. The number of aromatic nitrogens is 1. The summed E-state index contributed by atoms with van der Waals surface area (Å²) in [6.07, 6.45) is 4.97. The number of halogens is 2. The number of carbonyl (C=O) groups excluding carboxylic acids is 1. The van der Waals surface area contributed by atoms with Gasteiger partial charge in [-0.05, 0) is 41.3 Å². The fourth-order valence-electron chi connectivity index (χ4n) is 2.12. The van der Waals surface area contributed by atoms with Crippen LogP contribution in [-0.2, 0) is 4.74 Å². The number of carbonyl (C=O) groups is 1. The molecule has 1 aliphatic heterocycles. The molecular formula is C13H16BrClN2O2. The second kappa shape index (κ2) is 6.68. The summed E-state index contributed by atoms with van der Waals surface area (Å²) in [5.41, 5.74) is 0.411. The fourth-order valence-corrected chi connectivity index (χ4v) is 2.63. The van der Waals surface area contributed by atoms with Gasteiger partial charge in [-0.3, -0.25) is 4.79 Å². The van der Waals surface area contributed by atoms with Crippen molar-refractivity contribution in [2.75, 3.05) is 20.2 Å². The predicted octanol–water partition coefficient (Wildman–Crippen LogP) is 3.14. The Bertz CT molecular complexity index is 464. The van der Waals surface area contributed by atoms with Crippen molar-refractivity contribution in [3.05, 3.63) is 27.5 Å². The first kappa shape index (κ1) is 14.8. The smallest absolute Gasteiger partial charge is 0.256 e. The lowest BCUT2D eigenvalue weighted by Crippen LogP contribution is -2.37. The lowest BCUT2D eigenvalue weighted by Gasteiger charge is -2.27. The van der Waals surface area contributed by atoms with E-state index >= 15 is 0 Å². The fraction of sp³-hybridized carbons (Fsp3) is 0.538. The van der Waals surface area contributed by atoms with Gasteiger partial charge in [-0.15, -0.1) is 0 Å². The van der Waals surface area contributed by atoms with Gasteiger partial charge < -0.3 is 9.64 Å². The molecule has 1 atom stereocenters. The molecule has 1 saturated heterocycles. The van der Waals surface area contributed by atoms with Gasteiger partial charge in [-0.2, -0.15) is 0 Å². The molecule has 0 saturated carbocycles. The first-order chi connectivity index (χ1) is 9.08. The van der Waals surface area contributed by atoms with Gasteiger partial charge in [-0.25, -0.2) is 4.98 Å². The third-order valence-corrected chi connectivity index (χ3v) is 3.87. The first-order valence-electron chi connectivity index (χ1n) is 6.26. The Hall–Kier alpha value is -0.650. The Morgan fingerprint density at radius 3 is 3.11 bits per heavy atom. The number of ether oxygens (including phenoxy) is 1. The molecule has 1 unspecified atom stereocenters. The van der Waals surface area contributed by atoms with E-state index in [1.807, 2.05) is 0 Å². The van der Waals surface area contributed by atoms with Crippen LogP contribution in [-0.4, -0.2) is 42.1 Å². The molecule has 0 aliphatic carbocycles. The van der Waals surface area contributed by atoms with E-state index in [0.717, 1.165) is 30.3 Å². The highest BCUT2D eigenvalue weighted by Crippen LogP contribution is 2.20. The summed E-state index contributed by atoms with van der Waals surface area (Å²) in [6, 6.07) is 1.69. The van der Waals surface area contributed by atoms with Crippen molar-refractivity contribution in [2.45, 2.75) is 25.4 Å². The zero-order valence-corrected chi connectivity index (χ0v) is 13.1. The second-order valence-electron chi connectivity index (χ2n) is 4.67. The SMILES string of the molecule is CN(CC1CCCCO1)C(=O)c1cc(Br)cnc1Cl. The molecule has 19 heavy (non-hydrogen) atoms. The minimum absolute atomic E-state index is 0.126. The maximum atomic E-state index is 12.3. The van der Waals surface area contributed by atoms with Crippen molar-refractivity contribution >= 4 is 33.4 Å². The molecule has 0 N–H and O–H groups in total. The summed E-state index contributed by atoms with van der Waals surface area (Å²) in [5.74, 6) is -0.132. The number of hydrogen-bond donors (Lipinski definition) is 0. The molecule has 1 fully saturated rings. The maximum Gasteiger partial charge on any atom is 0.256 e. The van der Waals surface area contributed by atoms with Crippen molar-refractivity contribution in [1.29, 1.82) is 0 Å². The average Bonchev–Trinajstić information content (AvgIpc) is 2.42. The van der Waals surface area contributed by atoms with E-state index in [9.17, 15) is 4.79 Å². The van der Waals surface area contributed by atoms with Crippen LogP contribution in [0.1, 0.15) is 29.6 Å². The zero-order chi connectivity index (χ0) is 13.8. The normalized spacial score (nSPS) is 19.2. The van der Waals surface area contributed by atoms with Gasteiger partial charge in [0.15, 0.2) is 0 Å². The molecular weight excluding hydrogens is 332 g/mol. The molecule has 2 rings (SSSR count). The topological polar surface area (TPSA) is 42.4 Å². The molecule has 4 nitrogen and oxygen atoms in total. The second-order valence-corrected chi connectivity index (χ2v) is 5.94. The quantitative estimate of drug-likeness (QED) is 0.789. The van der Waals surface area contributed by atoms with Crippen LogP contribution >= 0.6 is 27.5 Å². The van der Waals surface area contributed by atoms with E-state index in [1.165, 1.54) is 0 Å². The van der Waals surface area contributed by atoms with Gasteiger partial charge in [0.25, 0.3) is 5.91 Å². The summed E-state index contributed by atoms with van der Waals surface area (Å²) in [7, 11) is 1.76. The molecule has 1 aromatic rings. The zero-order valence-electron chi connectivity index (χ0n) is 10.7. The van der Waals surface area contributed by atoms with E-state index in [-0.39, 0.29) is 17.2 Å². The molecule has 6 heteroatoms. The monoisotopic (exact) mass is 346 g/mol. The molecule has 104 valence electrons. The number of pyridine rings is 1. The molecule has 0 radical (unpaired) electrons. The minimum Gasteiger partial charge on any atom is -0.376 e. The number of hydrogen-bond acceptors (Lipinski definition) is 3. The van der Waals surface area contributed by atoms with Crippen LogP contribution in [0.4, 0.5) is 0 Å². The van der Waals surface area contributed by atoms with E-state index in [2.05, 4.69) is 20.9 Å². The Labute approximate surface area is 126 Å². The molecule has 1 aromatic heterocycles. The highest BCUT2D eigenvalue weighted by atomic mass is 79.9. The lowest BCUT2D eigenvalue weighted by molar-refractivity contribution is -0.000194. The number of rotatable bonds is 3. The van der Waals surface area contributed by atoms with Crippen molar-refractivity contribution in [3.63, 3.8) is 0 Å². The minimum atomic E-state index is -0.132. The summed E-state index contributed by atoms with van der Waals surface area (Å²) in [6.45, 7) is 1.37. The third-order valence-electron chi connectivity index (χ3n) is 3.13. The van der Waals surface area contributed by atoms with Gasteiger partial charge in [-0.1, -0.05) is 11.6 Å². The van der Waals surface area contributed by atoms with E-state index < -0.39 is 0 Å². The lowest BCUT2D eigenvalue weighted by atomic mass is 10.1. The highest BCUT2D eigenvalue weighted by Gasteiger charge is 2.21. The molecule has 0 aromatic carbocycles.